The zero-order chi connectivity index (χ0) is 12.3. The predicted octanol–water partition coefficient (Wildman–Crippen LogP) is 0.897. The van der Waals surface area contributed by atoms with Gasteiger partial charge in [-0.2, -0.15) is 0 Å². The van der Waals surface area contributed by atoms with Crippen molar-refractivity contribution in [2.24, 2.45) is 0 Å². The first kappa shape index (κ1) is 11.5. The smallest absolute Gasteiger partial charge is 0.354 e. The van der Waals surface area contributed by atoms with Gasteiger partial charge >= 0.3 is 5.97 Å². The van der Waals surface area contributed by atoms with E-state index in [0.717, 1.165) is 6.42 Å². The molecule has 6 heteroatoms. The summed E-state index contributed by atoms with van der Waals surface area (Å²) in [6, 6.07) is 2.84. The third-order valence-corrected chi connectivity index (χ3v) is 2.47. The number of aromatic nitrogens is 1. The highest BCUT2D eigenvalue weighted by Gasteiger charge is 2.23. The van der Waals surface area contributed by atoms with Crippen LogP contribution in [-0.4, -0.2) is 34.7 Å². The van der Waals surface area contributed by atoms with E-state index in [1.165, 1.54) is 18.3 Å². The van der Waals surface area contributed by atoms with Gasteiger partial charge in [-0.15, -0.1) is 0 Å². The topological polar surface area (TPSA) is 88.5 Å². The Bertz CT molecular complexity index is 424. The van der Waals surface area contributed by atoms with Crippen LogP contribution in [0.25, 0.3) is 0 Å². The molecule has 1 fully saturated rings. The Morgan fingerprint density at radius 2 is 2.29 bits per heavy atom. The van der Waals surface area contributed by atoms with Crippen molar-refractivity contribution < 1.29 is 19.4 Å². The Kier molecular flexibility index (Phi) is 3.34. The first-order valence-corrected chi connectivity index (χ1v) is 5.28. The van der Waals surface area contributed by atoms with Crippen LogP contribution in [0.1, 0.15) is 23.3 Å². The Labute approximate surface area is 97.6 Å². The number of carboxylic acids is 1. The van der Waals surface area contributed by atoms with E-state index in [-0.39, 0.29) is 11.6 Å². The van der Waals surface area contributed by atoms with Crippen LogP contribution >= 0.6 is 0 Å². The van der Waals surface area contributed by atoms with Crippen molar-refractivity contribution in [2.75, 3.05) is 11.9 Å². The molecule has 1 saturated heterocycles. The third-order valence-electron chi connectivity index (χ3n) is 2.47. The predicted molar refractivity (Wildman–Crippen MR) is 58.8 cm³/mol. The molecular formula is C11H12N2O4. The molecule has 1 aromatic heterocycles. The highest BCUT2D eigenvalue weighted by atomic mass is 16.5. The van der Waals surface area contributed by atoms with Crippen LogP contribution in [0.4, 0.5) is 5.69 Å². The summed E-state index contributed by atoms with van der Waals surface area (Å²) in [5.74, 6) is -1.31. The average Bonchev–Trinajstić information content (AvgIpc) is 2.83. The molecule has 1 amide bonds. The highest BCUT2D eigenvalue weighted by molar-refractivity contribution is 5.94. The molecule has 0 aliphatic carbocycles. The number of ether oxygens (including phenoxy) is 1. The third kappa shape index (κ3) is 2.79. The number of carbonyl (C=O) groups is 2. The fraction of sp³-hybridized carbons (Fsp3) is 0.364. The molecular weight excluding hydrogens is 224 g/mol. The lowest BCUT2D eigenvalue weighted by atomic mass is 10.2. The summed E-state index contributed by atoms with van der Waals surface area (Å²) >= 11 is 0. The zero-order valence-corrected chi connectivity index (χ0v) is 9.05. The van der Waals surface area contributed by atoms with E-state index in [9.17, 15) is 9.59 Å². The van der Waals surface area contributed by atoms with Crippen LogP contribution in [0, 0.1) is 0 Å². The number of anilines is 1. The Hall–Kier alpha value is -1.95. The van der Waals surface area contributed by atoms with Crippen molar-refractivity contribution in [3.8, 4) is 0 Å². The van der Waals surface area contributed by atoms with E-state index in [2.05, 4.69) is 10.3 Å². The Morgan fingerprint density at radius 1 is 1.47 bits per heavy atom. The van der Waals surface area contributed by atoms with E-state index < -0.39 is 12.1 Å². The molecule has 0 unspecified atom stereocenters. The molecule has 0 spiro atoms. The van der Waals surface area contributed by atoms with Gasteiger partial charge in [0.05, 0.1) is 11.9 Å². The first-order chi connectivity index (χ1) is 8.16. The van der Waals surface area contributed by atoms with Crippen molar-refractivity contribution in [2.45, 2.75) is 18.9 Å². The summed E-state index contributed by atoms with van der Waals surface area (Å²) in [4.78, 5) is 25.9. The van der Waals surface area contributed by atoms with E-state index in [1.807, 2.05) is 0 Å². The number of rotatable bonds is 3. The molecule has 1 aliphatic heterocycles. The Morgan fingerprint density at radius 3 is 2.82 bits per heavy atom. The number of hydrogen-bond acceptors (Lipinski definition) is 4. The van der Waals surface area contributed by atoms with Crippen LogP contribution in [-0.2, 0) is 9.53 Å². The quantitative estimate of drug-likeness (QED) is 0.813. The monoisotopic (exact) mass is 236 g/mol. The minimum absolute atomic E-state index is 0.0554. The normalized spacial score (nSPS) is 18.9. The summed E-state index contributed by atoms with van der Waals surface area (Å²) in [5, 5.41) is 11.3. The van der Waals surface area contributed by atoms with Crippen molar-refractivity contribution in [1.82, 2.24) is 4.98 Å². The van der Waals surface area contributed by atoms with Gasteiger partial charge in [0.25, 0.3) is 5.91 Å². The molecule has 17 heavy (non-hydrogen) atoms. The lowest BCUT2D eigenvalue weighted by Gasteiger charge is -2.09. The molecule has 1 aliphatic rings. The maximum atomic E-state index is 11.7. The van der Waals surface area contributed by atoms with Crippen molar-refractivity contribution in [1.29, 1.82) is 0 Å². The molecule has 90 valence electrons. The molecule has 0 saturated carbocycles. The molecule has 0 bridgehead atoms. The summed E-state index contributed by atoms with van der Waals surface area (Å²) in [6.07, 6.45) is 2.51. The summed E-state index contributed by atoms with van der Waals surface area (Å²) < 4.78 is 5.22. The van der Waals surface area contributed by atoms with Gasteiger partial charge in [0.15, 0.2) is 0 Å². The minimum Gasteiger partial charge on any atom is -0.477 e. The molecule has 2 heterocycles. The van der Waals surface area contributed by atoms with Gasteiger partial charge < -0.3 is 15.2 Å². The molecule has 1 aromatic rings. The first-order valence-electron chi connectivity index (χ1n) is 5.28. The van der Waals surface area contributed by atoms with Crippen LogP contribution in [0.3, 0.4) is 0 Å². The second-order valence-electron chi connectivity index (χ2n) is 3.73. The van der Waals surface area contributed by atoms with Crippen LogP contribution in [0.15, 0.2) is 18.3 Å². The number of carboxylic acid groups (broad SMARTS) is 1. The maximum Gasteiger partial charge on any atom is 0.354 e. The summed E-state index contributed by atoms with van der Waals surface area (Å²) in [5.41, 5.74) is 0.413. The van der Waals surface area contributed by atoms with Crippen molar-refractivity contribution in [3.63, 3.8) is 0 Å². The molecule has 2 N–H and O–H groups in total. The zero-order valence-electron chi connectivity index (χ0n) is 9.05. The van der Waals surface area contributed by atoms with Crippen LogP contribution in [0.2, 0.25) is 0 Å². The number of pyridine rings is 1. The number of amides is 1. The SMILES string of the molecule is O=C(O)c1ccc(NC(=O)[C@@H]2CCCO2)cn1. The van der Waals surface area contributed by atoms with Crippen molar-refractivity contribution >= 4 is 17.6 Å². The minimum atomic E-state index is -1.10. The second kappa shape index (κ2) is 4.92. The van der Waals surface area contributed by atoms with Crippen molar-refractivity contribution in [3.05, 3.63) is 24.0 Å². The van der Waals surface area contributed by atoms with E-state index in [0.29, 0.717) is 18.7 Å². The summed E-state index contributed by atoms with van der Waals surface area (Å²) in [6.45, 7) is 0.605. The maximum absolute atomic E-state index is 11.7. The number of nitrogens with zero attached hydrogens (tertiary/aromatic N) is 1. The fourth-order valence-electron chi connectivity index (χ4n) is 1.60. The Balaban J connectivity index is 1.98. The standard InChI is InChI=1S/C11H12N2O4/c14-10(9-2-1-5-17-9)13-7-3-4-8(11(15)16)12-6-7/h3-4,6,9H,1-2,5H2,(H,13,14)(H,15,16)/t9-/m0/s1. The second-order valence-corrected chi connectivity index (χ2v) is 3.73. The average molecular weight is 236 g/mol. The number of carbonyl (C=O) groups excluding carboxylic acids is 1. The van der Waals surface area contributed by atoms with Crippen LogP contribution < -0.4 is 5.32 Å². The van der Waals surface area contributed by atoms with Gasteiger partial charge in [-0.25, -0.2) is 9.78 Å². The largest absolute Gasteiger partial charge is 0.477 e. The van der Waals surface area contributed by atoms with E-state index in [1.54, 1.807) is 0 Å². The number of nitrogens with one attached hydrogen (secondary N) is 1. The lowest BCUT2D eigenvalue weighted by Crippen LogP contribution is -2.26. The number of aromatic carboxylic acids is 1. The molecule has 1 atom stereocenters. The van der Waals surface area contributed by atoms with Gasteiger partial charge in [-0.3, -0.25) is 4.79 Å². The van der Waals surface area contributed by atoms with Gasteiger partial charge in [0, 0.05) is 6.61 Å². The molecule has 6 nitrogen and oxygen atoms in total. The molecule has 0 aromatic carbocycles. The summed E-state index contributed by atoms with van der Waals surface area (Å²) in [7, 11) is 0. The molecule has 0 radical (unpaired) electrons. The number of hydrogen-bond donors (Lipinski definition) is 2. The van der Waals surface area contributed by atoms with Gasteiger partial charge in [0.2, 0.25) is 0 Å². The van der Waals surface area contributed by atoms with Crippen LogP contribution in [0.5, 0.6) is 0 Å². The van der Waals surface area contributed by atoms with Gasteiger partial charge in [-0.1, -0.05) is 0 Å². The highest BCUT2D eigenvalue weighted by Crippen LogP contribution is 2.14. The van der Waals surface area contributed by atoms with Gasteiger partial charge in [-0.05, 0) is 25.0 Å². The van der Waals surface area contributed by atoms with E-state index in [4.69, 9.17) is 9.84 Å². The lowest BCUT2D eigenvalue weighted by molar-refractivity contribution is -0.124. The van der Waals surface area contributed by atoms with E-state index >= 15 is 0 Å². The van der Waals surface area contributed by atoms with Gasteiger partial charge in [0.1, 0.15) is 11.8 Å². The fourth-order valence-corrected chi connectivity index (χ4v) is 1.60. The molecule has 2 rings (SSSR count).